The predicted octanol–water partition coefficient (Wildman–Crippen LogP) is 2.67. The van der Waals surface area contributed by atoms with E-state index in [0.29, 0.717) is 40.0 Å². The Balaban J connectivity index is 2.12. The number of ether oxygens (including phenoxy) is 3. The van der Waals surface area contributed by atoms with Crippen LogP contribution in [0.5, 0.6) is 17.4 Å². The van der Waals surface area contributed by atoms with Gasteiger partial charge in [-0.3, -0.25) is 4.40 Å². The van der Waals surface area contributed by atoms with E-state index < -0.39 is 0 Å². The summed E-state index contributed by atoms with van der Waals surface area (Å²) in [4.78, 5) is 9.24. The van der Waals surface area contributed by atoms with Crippen LogP contribution in [0.2, 0.25) is 0 Å². The van der Waals surface area contributed by atoms with Gasteiger partial charge < -0.3 is 14.2 Å². The molecule has 8 heteroatoms. The highest BCUT2D eigenvalue weighted by Gasteiger charge is 2.19. The fraction of sp³-hybridized carbons (Fsp3) is 0.222. The molecule has 0 bridgehead atoms. The summed E-state index contributed by atoms with van der Waals surface area (Å²) in [5, 5.41) is 8.55. The normalized spacial score (nSPS) is 11.1. The summed E-state index contributed by atoms with van der Waals surface area (Å²) in [5.74, 6) is 2.51. The first kappa shape index (κ1) is 16.1. The maximum Gasteiger partial charge on any atom is 0.215 e. The van der Waals surface area contributed by atoms with E-state index in [9.17, 15) is 0 Å². The van der Waals surface area contributed by atoms with Crippen LogP contribution in [0.4, 0.5) is 0 Å². The van der Waals surface area contributed by atoms with Crippen molar-refractivity contribution in [1.29, 1.82) is 0 Å². The zero-order chi connectivity index (χ0) is 18.3. The number of hydrogen-bond acceptors (Lipinski definition) is 7. The second kappa shape index (κ2) is 6.14. The number of aromatic nitrogens is 5. The molecule has 3 heterocycles. The van der Waals surface area contributed by atoms with Crippen LogP contribution < -0.4 is 14.2 Å². The Bertz CT molecular complexity index is 1120. The van der Waals surface area contributed by atoms with Crippen molar-refractivity contribution >= 4 is 16.8 Å². The quantitative estimate of drug-likeness (QED) is 0.559. The molecule has 26 heavy (non-hydrogen) atoms. The molecule has 0 spiro atoms. The summed E-state index contributed by atoms with van der Waals surface area (Å²) >= 11 is 0. The summed E-state index contributed by atoms with van der Waals surface area (Å²) in [5.41, 5.74) is 3.38. The van der Waals surface area contributed by atoms with Gasteiger partial charge >= 0.3 is 0 Å². The molecule has 0 unspecified atom stereocenters. The van der Waals surface area contributed by atoms with Gasteiger partial charge in [-0.1, -0.05) is 0 Å². The number of methoxy groups -OCH3 is 3. The Kier molecular flexibility index (Phi) is 3.80. The van der Waals surface area contributed by atoms with Crippen molar-refractivity contribution in [3.05, 3.63) is 36.0 Å². The van der Waals surface area contributed by atoms with Gasteiger partial charge in [-0.05, 0) is 31.2 Å². The number of pyridine rings is 1. The minimum absolute atomic E-state index is 0.488. The molecule has 0 saturated heterocycles. The van der Waals surface area contributed by atoms with E-state index in [1.807, 2.05) is 35.6 Å². The van der Waals surface area contributed by atoms with E-state index in [2.05, 4.69) is 15.2 Å². The van der Waals surface area contributed by atoms with Gasteiger partial charge in [0.15, 0.2) is 17.1 Å². The fourth-order valence-corrected chi connectivity index (χ4v) is 2.89. The van der Waals surface area contributed by atoms with Crippen molar-refractivity contribution in [3.8, 4) is 28.8 Å². The van der Waals surface area contributed by atoms with Crippen LogP contribution in [-0.4, -0.2) is 45.9 Å². The topological polar surface area (TPSA) is 83.7 Å². The average Bonchev–Trinajstić information content (AvgIpc) is 3.03. The Hall–Kier alpha value is -3.42. The third-order valence-corrected chi connectivity index (χ3v) is 4.17. The van der Waals surface area contributed by atoms with Gasteiger partial charge in [-0.2, -0.15) is 4.98 Å². The highest BCUT2D eigenvalue weighted by Crippen LogP contribution is 2.34. The van der Waals surface area contributed by atoms with Gasteiger partial charge in [0.25, 0.3) is 0 Å². The highest BCUT2D eigenvalue weighted by molar-refractivity contribution is 5.79. The SMILES string of the molecule is COc1ccc(OC)c(-c2nc(C)c3nnc4ccc(OC)nc4n23)c1. The van der Waals surface area contributed by atoms with Crippen LogP contribution in [0.15, 0.2) is 30.3 Å². The second-order valence-corrected chi connectivity index (χ2v) is 5.64. The van der Waals surface area contributed by atoms with E-state index in [-0.39, 0.29) is 0 Å². The van der Waals surface area contributed by atoms with Gasteiger partial charge in [0, 0.05) is 6.07 Å². The number of rotatable bonds is 4. The fourth-order valence-electron chi connectivity index (χ4n) is 2.89. The van der Waals surface area contributed by atoms with Crippen molar-refractivity contribution in [2.24, 2.45) is 0 Å². The van der Waals surface area contributed by atoms with Crippen molar-refractivity contribution in [2.45, 2.75) is 6.92 Å². The van der Waals surface area contributed by atoms with Crippen molar-refractivity contribution < 1.29 is 14.2 Å². The maximum absolute atomic E-state index is 5.52. The minimum atomic E-state index is 0.488. The largest absolute Gasteiger partial charge is 0.497 e. The Morgan fingerprint density at radius 3 is 2.42 bits per heavy atom. The lowest BCUT2D eigenvalue weighted by Gasteiger charge is -2.10. The van der Waals surface area contributed by atoms with E-state index in [4.69, 9.17) is 19.2 Å². The van der Waals surface area contributed by atoms with Gasteiger partial charge in [-0.15, -0.1) is 10.2 Å². The molecule has 4 rings (SSSR count). The summed E-state index contributed by atoms with van der Waals surface area (Å²) in [6.45, 7) is 1.88. The smallest absolute Gasteiger partial charge is 0.215 e. The lowest BCUT2D eigenvalue weighted by atomic mass is 10.1. The molecule has 132 valence electrons. The summed E-state index contributed by atoms with van der Waals surface area (Å²) < 4.78 is 18.0. The molecule has 1 aromatic carbocycles. The highest BCUT2D eigenvalue weighted by atomic mass is 16.5. The summed E-state index contributed by atoms with van der Waals surface area (Å²) in [6.07, 6.45) is 0. The van der Waals surface area contributed by atoms with E-state index in [0.717, 1.165) is 11.3 Å². The molecule has 0 atom stereocenters. The third kappa shape index (κ3) is 2.38. The van der Waals surface area contributed by atoms with Crippen LogP contribution in [-0.2, 0) is 0 Å². The lowest BCUT2D eigenvalue weighted by molar-refractivity contribution is 0.399. The zero-order valence-electron chi connectivity index (χ0n) is 14.8. The number of benzene rings is 1. The van der Waals surface area contributed by atoms with Crippen LogP contribution in [0.3, 0.4) is 0 Å². The molecule has 0 radical (unpaired) electrons. The van der Waals surface area contributed by atoms with Crippen LogP contribution in [0.25, 0.3) is 28.2 Å². The number of aryl methyl sites for hydroxylation is 1. The number of fused-ring (bicyclic) bond motifs is 3. The Morgan fingerprint density at radius 1 is 0.846 bits per heavy atom. The van der Waals surface area contributed by atoms with Gasteiger partial charge in [0.2, 0.25) is 5.88 Å². The molecular weight excluding hydrogens is 334 g/mol. The molecule has 3 aromatic heterocycles. The molecule has 0 fully saturated rings. The standard InChI is InChI=1S/C18H17N5O3/c1-10-16-22-21-13-6-8-15(26-4)20-18(13)23(16)17(19-10)12-9-11(24-2)5-7-14(12)25-3/h5-9H,1-4H3. The first-order chi connectivity index (χ1) is 12.7. The van der Waals surface area contributed by atoms with Crippen molar-refractivity contribution in [2.75, 3.05) is 21.3 Å². The summed E-state index contributed by atoms with van der Waals surface area (Å²) in [6, 6.07) is 9.12. The van der Waals surface area contributed by atoms with E-state index in [1.54, 1.807) is 27.4 Å². The molecule has 8 nitrogen and oxygen atoms in total. The molecule has 0 N–H and O–H groups in total. The number of nitrogens with zero attached hydrogens (tertiary/aromatic N) is 5. The molecule has 0 amide bonds. The second-order valence-electron chi connectivity index (χ2n) is 5.64. The molecular formula is C18H17N5O3. The lowest BCUT2D eigenvalue weighted by Crippen LogP contribution is -2.01. The minimum Gasteiger partial charge on any atom is -0.497 e. The van der Waals surface area contributed by atoms with Gasteiger partial charge in [-0.25, -0.2) is 4.98 Å². The van der Waals surface area contributed by atoms with E-state index >= 15 is 0 Å². The Morgan fingerprint density at radius 2 is 1.69 bits per heavy atom. The molecule has 0 aliphatic carbocycles. The summed E-state index contributed by atoms with van der Waals surface area (Å²) in [7, 11) is 4.81. The van der Waals surface area contributed by atoms with Gasteiger partial charge in [0.1, 0.15) is 17.0 Å². The number of imidazole rings is 1. The van der Waals surface area contributed by atoms with Crippen molar-refractivity contribution in [1.82, 2.24) is 24.6 Å². The molecule has 0 aliphatic rings. The van der Waals surface area contributed by atoms with Crippen LogP contribution >= 0.6 is 0 Å². The molecule has 4 aromatic rings. The number of hydrogen-bond donors (Lipinski definition) is 0. The predicted molar refractivity (Wildman–Crippen MR) is 95.9 cm³/mol. The van der Waals surface area contributed by atoms with Crippen LogP contribution in [0.1, 0.15) is 5.69 Å². The van der Waals surface area contributed by atoms with Gasteiger partial charge in [0.05, 0.1) is 32.6 Å². The van der Waals surface area contributed by atoms with E-state index in [1.165, 1.54) is 0 Å². The Labute approximate surface area is 149 Å². The van der Waals surface area contributed by atoms with Crippen LogP contribution in [0, 0.1) is 6.92 Å². The molecule has 0 aliphatic heterocycles. The molecule has 0 saturated carbocycles. The first-order valence-corrected chi connectivity index (χ1v) is 7.95. The zero-order valence-corrected chi connectivity index (χ0v) is 14.8. The first-order valence-electron chi connectivity index (χ1n) is 7.95. The third-order valence-electron chi connectivity index (χ3n) is 4.17. The van der Waals surface area contributed by atoms with Crippen molar-refractivity contribution in [3.63, 3.8) is 0 Å². The monoisotopic (exact) mass is 351 g/mol. The maximum atomic E-state index is 5.52. The average molecular weight is 351 g/mol.